The summed E-state index contributed by atoms with van der Waals surface area (Å²) < 4.78 is 5.56. The van der Waals surface area contributed by atoms with Crippen LogP contribution in [0.2, 0.25) is 10.0 Å². The number of guanidine groups is 1. The van der Waals surface area contributed by atoms with Crippen LogP contribution in [0.15, 0.2) is 27.6 Å². The first-order chi connectivity index (χ1) is 11.7. The Morgan fingerprint density at radius 3 is 2.42 bits per heavy atom. The number of nitrogens with one attached hydrogen (secondary N) is 2. The van der Waals surface area contributed by atoms with Crippen LogP contribution in [0.3, 0.4) is 0 Å². The predicted octanol–water partition coefficient (Wildman–Crippen LogP) is 4.86. The number of aromatic nitrogens is 1. The van der Waals surface area contributed by atoms with E-state index in [0.717, 1.165) is 17.0 Å². The third kappa shape index (κ3) is 6.03. The van der Waals surface area contributed by atoms with Crippen LogP contribution in [0.1, 0.15) is 36.8 Å². The number of halogens is 3. The normalized spacial score (nSPS) is 11.9. The van der Waals surface area contributed by atoms with Gasteiger partial charge in [-0.3, -0.25) is 4.99 Å². The van der Waals surface area contributed by atoms with E-state index in [4.69, 9.17) is 27.6 Å². The van der Waals surface area contributed by atoms with E-state index in [1.54, 1.807) is 7.05 Å². The maximum atomic E-state index is 6.14. The fourth-order valence-corrected chi connectivity index (χ4v) is 2.62. The van der Waals surface area contributed by atoms with Crippen molar-refractivity contribution < 1.29 is 4.42 Å². The highest BCUT2D eigenvalue weighted by Gasteiger charge is 2.22. The van der Waals surface area contributed by atoms with E-state index >= 15 is 0 Å². The molecule has 0 saturated carbocycles. The Balaban J connectivity index is 0.00000338. The Morgan fingerprint density at radius 2 is 1.88 bits per heavy atom. The molecule has 26 heavy (non-hydrogen) atoms. The summed E-state index contributed by atoms with van der Waals surface area (Å²) in [7, 11) is 1.73. The van der Waals surface area contributed by atoms with Crippen LogP contribution in [0, 0.1) is 13.8 Å². The van der Waals surface area contributed by atoms with Gasteiger partial charge in [-0.05, 0) is 31.5 Å². The molecule has 5 nitrogen and oxygen atoms in total. The Bertz CT molecular complexity index is 755. The first-order valence-corrected chi connectivity index (χ1v) is 8.81. The lowest BCUT2D eigenvalue weighted by atomic mass is 9.84. The first kappa shape index (κ1) is 23.0. The summed E-state index contributed by atoms with van der Waals surface area (Å²) >= 11 is 12.1. The number of aryl methyl sites for hydroxylation is 2. The second-order valence-electron chi connectivity index (χ2n) is 6.54. The Kier molecular flexibility index (Phi) is 8.69. The molecule has 1 heterocycles. The lowest BCUT2D eigenvalue weighted by molar-refractivity contribution is 0.461. The van der Waals surface area contributed by atoms with E-state index in [-0.39, 0.29) is 29.4 Å². The number of aliphatic imine (C=N–C) groups is 1. The largest absolute Gasteiger partial charge is 0.444 e. The highest BCUT2D eigenvalue weighted by Crippen LogP contribution is 2.29. The van der Waals surface area contributed by atoms with Gasteiger partial charge in [-0.2, -0.15) is 0 Å². The second-order valence-corrected chi connectivity index (χ2v) is 7.36. The van der Waals surface area contributed by atoms with Gasteiger partial charge in [0, 0.05) is 19.0 Å². The topological polar surface area (TPSA) is 62.5 Å². The van der Waals surface area contributed by atoms with Gasteiger partial charge in [0.15, 0.2) is 5.96 Å². The average molecular weight is 511 g/mol. The lowest BCUT2D eigenvalue weighted by Crippen LogP contribution is -2.43. The minimum atomic E-state index is -0.151. The Hall–Kier alpha value is -0.990. The zero-order valence-corrected chi connectivity index (χ0v) is 19.5. The molecule has 0 aliphatic heterocycles. The van der Waals surface area contributed by atoms with Crippen molar-refractivity contribution in [3.05, 3.63) is 51.2 Å². The van der Waals surface area contributed by atoms with Gasteiger partial charge in [-0.15, -0.1) is 24.0 Å². The fourth-order valence-electron chi connectivity index (χ4n) is 2.32. The SMILES string of the molecule is CN=C(NCc1nc(C)c(C)o1)NCC(C)(C)c1ccc(Cl)c(Cl)c1.I. The molecule has 1 aromatic heterocycles. The summed E-state index contributed by atoms with van der Waals surface area (Å²) in [6.07, 6.45) is 0. The van der Waals surface area contributed by atoms with E-state index in [0.29, 0.717) is 35.0 Å². The molecule has 0 amide bonds. The van der Waals surface area contributed by atoms with Crippen LogP contribution in [-0.4, -0.2) is 24.5 Å². The van der Waals surface area contributed by atoms with Gasteiger partial charge in [0.1, 0.15) is 5.76 Å². The van der Waals surface area contributed by atoms with Crippen LogP contribution in [0.4, 0.5) is 0 Å². The van der Waals surface area contributed by atoms with Gasteiger partial charge in [0.2, 0.25) is 5.89 Å². The third-order valence-corrected chi connectivity index (χ3v) is 4.84. The second kappa shape index (κ2) is 9.80. The molecule has 0 aliphatic rings. The van der Waals surface area contributed by atoms with Crippen molar-refractivity contribution in [2.24, 2.45) is 4.99 Å². The summed E-state index contributed by atoms with van der Waals surface area (Å²) in [5.41, 5.74) is 1.85. The van der Waals surface area contributed by atoms with Crippen LogP contribution in [0.25, 0.3) is 0 Å². The minimum absolute atomic E-state index is 0. The summed E-state index contributed by atoms with van der Waals surface area (Å²) in [4.78, 5) is 8.59. The zero-order valence-electron chi connectivity index (χ0n) is 15.6. The van der Waals surface area contributed by atoms with Gasteiger partial charge in [-0.1, -0.05) is 43.1 Å². The molecule has 0 fully saturated rings. The quantitative estimate of drug-likeness (QED) is 0.342. The number of hydrogen-bond donors (Lipinski definition) is 2. The van der Waals surface area contributed by atoms with E-state index < -0.39 is 0 Å². The molecular weight excluding hydrogens is 486 g/mol. The fraction of sp³-hybridized carbons (Fsp3) is 0.444. The zero-order chi connectivity index (χ0) is 18.6. The number of rotatable bonds is 5. The molecule has 2 N–H and O–H groups in total. The molecule has 0 radical (unpaired) electrons. The highest BCUT2D eigenvalue weighted by molar-refractivity contribution is 14.0. The number of benzene rings is 1. The van der Waals surface area contributed by atoms with Crippen molar-refractivity contribution in [3.63, 3.8) is 0 Å². The summed E-state index contributed by atoms with van der Waals surface area (Å²) in [6, 6.07) is 5.71. The minimum Gasteiger partial charge on any atom is -0.444 e. The standard InChI is InChI=1S/C18H24Cl2N4O.HI/c1-11-12(2)25-16(24-11)9-22-17(21-5)23-10-18(3,4)13-6-7-14(19)15(20)8-13;/h6-8H,9-10H2,1-5H3,(H2,21,22,23);1H. The van der Waals surface area contributed by atoms with Gasteiger partial charge in [0.25, 0.3) is 0 Å². The number of hydrogen-bond acceptors (Lipinski definition) is 3. The van der Waals surface area contributed by atoms with Gasteiger partial charge in [-0.25, -0.2) is 4.98 Å². The smallest absolute Gasteiger partial charge is 0.214 e. The molecule has 8 heteroatoms. The highest BCUT2D eigenvalue weighted by atomic mass is 127. The molecule has 144 valence electrons. The van der Waals surface area contributed by atoms with E-state index in [1.165, 1.54) is 0 Å². The Morgan fingerprint density at radius 1 is 1.19 bits per heavy atom. The van der Waals surface area contributed by atoms with Crippen LogP contribution < -0.4 is 10.6 Å². The van der Waals surface area contributed by atoms with Gasteiger partial charge in [0.05, 0.1) is 22.3 Å². The number of nitrogens with zero attached hydrogens (tertiary/aromatic N) is 2. The lowest BCUT2D eigenvalue weighted by Gasteiger charge is -2.27. The van der Waals surface area contributed by atoms with E-state index in [2.05, 4.69) is 34.5 Å². The van der Waals surface area contributed by atoms with Crippen LogP contribution in [0.5, 0.6) is 0 Å². The van der Waals surface area contributed by atoms with Crippen LogP contribution >= 0.6 is 47.2 Å². The molecule has 2 rings (SSSR count). The van der Waals surface area contributed by atoms with Crippen molar-refractivity contribution in [1.82, 2.24) is 15.6 Å². The predicted molar refractivity (Wildman–Crippen MR) is 119 cm³/mol. The first-order valence-electron chi connectivity index (χ1n) is 8.06. The summed E-state index contributed by atoms with van der Waals surface area (Å²) in [5, 5.41) is 7.65. The average Bonchev–Trinajstić information content (AvgIpc) is 2.88. The van der Waals surface area contributed by atoms with E-state index in [9.17, 15) is 0 Å². The summed E-state index contributed by atoms with van der Waals surface area (Å²) in [5.74, 6) is 2.16. The molecular formula is C18H25Cl2IN4O. The van der Waals surface area contributed by atoms with Crippen LogP contribution in [-0.2, 0) is 12.0 Å². The molecule has 0 saturated heterocycles. The molecule has 1 aromatic carbocycles. The molecule has 0 spiro atoms. The van der Waals surface area contributed by atoms with Crippen molar-refractivity contribution in [2.45, 2.75) is 39.7 Å². The van der Waals surface area contributed by atoms with Crippen molar-refractivity contribution >= 4 is 53.1 Å². The van der Waals surface area contributed by atoms with Crippen molar-refractivity contribution in [1.29, 1.82) is 0 Å². The van der Waals surface area contributed by atoms with Gasteiger partial charge < -0.3 is 15.1 Å². The van der Waals surface area contributed by atoms with Crippen molar-refractivity contribution in [3.8, 4) is 0 Å². The van der Waals surface area contributed by atoms with Crippen molar-refractivity contribution in [2.75, 3.05) is 13.6 Å². The Labute approximate surface area is 182 Å². The number of oxazole rings is 1. The maximum absolute atomic E-state index is 6.14. The molecule has 0 bridgehead atoms. The monoisotopic (exact) mass is 510 g/mol. The third-order valence-electron chi connectivity index (χ3n) is 4.10. The molecule has 0 aliphatic carbocycles. The van der Waals surface area contributed by atoms with Gasteiger partial charge >= 0.3 is 0 Å². The maximum Gasteiger partial charge on any atom is 0.214 e. The summed E-state index contributed by atoms with van der Waals surface area (Å²) in [6.45, 7) is 9.24. The molecule has 2 aromatic rings. The molecule has 0 unspecified atom stereocenters. The molecule has 0 atom stereocenters. The van der Waals surface area contributed by atoms with E-state index in [1.807, 2.05) is 32.0 Å².